The zero-order valence-corrected chi connectivity index (χ0v) is 18.9. The van der Waals surface area contributed by atoms with Crippen LogP contribution in [0.4, 0.5) is 0 Å². The van der Waals surface area contributed by atoms with Gasteiger partial charge in [-0.25, -0.2) is 4.79 Å². The Kier molecular flexibility index (Phi) is 6.34. The fourth-order valence-corrected chi connectivity index (χ4v) is 6.51. The molecule has 0 aromatic heterocycles. The van der Waals surface area contributed by atoms with Crippen LogP contribution in [-0.4, -0.2) is 35.7 Å². The van der Waals surface area contributed by atoms with Crippen molar-refractivity contribution in [1.82, 2.24) is 4.90 Å². The third-order valence-electron chi connectivity index (χ3n) is 8.23. The SMILES string of the molecule is O=C(OCC1C2CCC1CN(Cc1ccccc1)C2)C(O)(c1ccccc1)C1CCCC1. The minimum atomic E-state index is -1.52. The van der Waals surface area contributed by atoms with Gasteiger partial charge >= 0.3 is 5.97 Å². The Hall–Kier alpha value is -2.17. The highest BCUT2D eigenvalue weighted by atomic mass is 16.5. The summed E-state index contributed by atoms with van der Waals surface area (Å²) in [7, 11) is 0. The van der Waals surface area contributed by atoms with E-state index in [1.165, 1.54) is 18.4 Å². The molecule has 1 aliphatic heterocycles. The van der Waals surface area contributed by atoms with Gasteiger partial charge in [0.25, 0.3) is 0 Å². The number of carbonyl (C=O) groups excluding carboxylic acids is 1. The smallest absolute Gasteiger partial charge is 0.343 e. The first-order valence-corrected chi connectivity index (χ1v) is 12.4. The van der Waals surface area contributed by atoms with E-state index in [2.05, 4.69) is 35.2 Å². The third kappa shape index (κ3) is 4.23. The van der Waals surface area contributed by atoms with E-state index in [0.717, 1.165) is 45.3 Å². The Labute approximate surface area is 191 Å². The van der Waals surface area contributed by atoms with Gasteiger partial charge in [-0.3, -0.25) is 4.90 Å². The molecule has 3 aliphatic rings. The van der Waals surface area contributed by atoms with E-state index in [0.29, 0.717) is 29.9 Å². The summed E-state index contributed by atoms with van der Waals surface area (Å²) < 4.78 is 5.94. The number of nitrogens with zero attached hydrogens (tertiary/aromatic N) is 1. The second kappa shape index (κ2) is 9.36. The van der Waals surface area contributed by atoms with E-state index in [-0.39, 0.29) is 5.92 Å². The molecule has 2 aliphatic carbocycles. The fourth-order valence-electron chi connectivity index (χ4n) is 6.51. The monoisotopic (exact) mass is 433 g/mol. The highest BCUT2D eigenvalue weighted by molar-refractivity contribution is 5.81. The van der Waals surface area contributed by atoms with Crippen LogP contribution in [0.3, 0.4) is 0 Å². The molecule has 4 heteroatoms. The molecule has 1 heterocycles. The molecule has 2 bridgehead atoms. The summed E-state index contributed by atoms with van der Waals surface area (Å²) in [5.41, 5.74) is 0.518. The van der Waals surface area contributed by atoms with E-state index >= 15 is 0 Å². The fraction of sp³-hybridized carbons (Fsp3) is 0.536. The Bertz CT molecular complexity index is 881. The van der Waals surface area contributed by atoms with E-state index in [1.54, 1.807) is 0 Å². The molecule has 3 atom stereocenters. The number of piperidine rings is 1. The number of ether oxygens (including phenoxy) is 1. The highest BCUT2D eigenvalue weighted by Crippen LogP contribution is 2.44. The van der Waals surface area contributed by atoms with E-state index in [4.69, 9.17) is 4.74 Å². The van der Waals surface area contributed by atoms with E-state index in [9.17, 15) is 9.90 Å². The van der Waals surface area contributed by atoms with Gasteiger partial charge in [0.05, 0.1) is 6.61 Å². The minimum absolute atomic E-state index is 0.0539. The number of esters is 1. The van der Waals surface area contributed by atoms with Crippen molar-refractivity contribution in [3.05, 3.63) is 71.8 Å². The van der Waals surface area contributed by atoms with Crippen molar-refractivity contribution in [2.45, 2.75) is 50.7 Å². The van der Waals surface area contributed by atoms with Gasteiger partial charge in [-0.2, -0.15) is 0 Å². The second-order valence-corrected chi connectivity index (χ2v) is 10.2. The molecule has 1 N–H and O–H groups in total. The van der Waals surface area contributed by atoms with Gasteiger partial charge in [0.1, 0.15) is 0 Å². The minimum Gasteiger partial charge on any atom is -0.463 e. The molecule has 32 heavy (non-hydrogen) atoms. The van der Waals surface area contributed by atoms with Crippen molar-refractivity contribution in [2.75, 3.05) is 19.7 Å². The molecule has 0 amide bonds. The largest absolute Gasteiger partial charge is 0.463 e. The second-order valence-electron chi connectivity index (χ2n) is 10.2. The van der Waals surface area contributed by atoms with Crippen LogP contribution in [0.25, 0.3) is 0 Å². The number of hydrogen-bond donors (Lipinski definition) is 1. The Morgan fingerprint density at radius 3 is 2.12 bits per heavy atom. The van der Waals surface area contributed by atoms with Crippen molar-refractivity contribution in [2.24, 2.45) is 23.7 Å². The lowest BCUT2D eigenvalue weighted by Gasteiger charge is -2.38. The van der Waals surface area contributed by atoms with Gasteiger partial charge in [-0.15, -0.1) is 0 Å². The van der Waals surface area contributed by atoms with Gasteiger partial charge < -0.3 is 9.84 Å². The summed E-state index contributed by atoms with van der Waals surface area (Å²) >= 11 is 0. The summed E-state index contributed by atoms with van der Waals surface area (Å²) in [6.07, 6.45) is 6.31. The van der Waals surface area contributed by atoms with Crippen molar-refractivity contribution < 1.29 is 14.6 Å². The lowest BCUT2D eigenvalue weighted by molar-refractivity contribution is -0.176. The molecule has 5 rings (SSSR count). The lowest BCUT2D eigenvalue weighted by Crippen LogP contribution is -2.46. The predicted molar refractivity (Wildman–Crippen MR) is 125 cm³/mol. The molecular formula is C28H35NO3. The molecule has 2 aromatic rings. The van der Waals surface area contributed by atoms with Gasteiger partial charge in [0.15, 0.2) is 5.60 Å². The normalized spacial score (nSPS) is 27.8. The first-order valence-electron chi connectivity index (χ1n) is 12.4. The average Bonchev–Trinajstić information content (AvgIpc) is 3.45. The quantitative estimate of drug-likeness (QED) is 0.640. The van der Waals surface area contributed by atoms with Gasteiger partial charge in [-0.05, 0) is 48.6 Å². The lowest BCUT2D eigenvalue weighted by atomic mass is 9.80. The number of hydrogen-bond acceptors (Lipinski definition) is 4. The third-order valence-corrected chi connectivity index (χ3v) is 8.23. The number of fused-ring (bicyclic) bond motifs is 2. The van der Waals surface area contributed by atoms with Crippen molar-refractivity contribution in [3.8, 4) is 0 Å². The topological polar surface area (TPSA) is 49.8 Å². The number of benzene rings is 2. The predicted octanol–water partition coefficient (Wildman–Crippen LogP) is 4.77. The number of carbonyl (C=O) groups is 1. The van der Waals surface area contributed by atoms with Crippen molar-refractivity contribution in [3.63, 3.8) is 0 Å². The molecule has 2 aromatic carbocycles. The Balaban J connectivity index is 1.24. The van der Waals surface area contributed by atoms with Crippen LogP contribution in [0.2, 0.25) is 0 Å². The van der Waals surface area contributed by atoms with Crippen LogP contribution in [0.15, 0.2) is 60.7 Å². The summed E-state index contributed by atoms with van der Waals surface area (Å²) in [5, 5.41) is 11.7. The van der Waals surface area contributed by atoms with Gasteiger partial charge in [0, 0.05) is 31.5 Å². The van der Waals surface area contributed by atoms with Crippen LogP contribution < -0.4 is 0 Å². The summed E-state index contributed by atoms with van der Waals surface area (Å²) in [4.78, 5) is 15.9. The molecule has 0 spiro atoms. The maximum absolute atomic E-state index is 13.4. The van der Waals surface area contributed by atoms with Crippen molar-refractivity contribution in [1.29, 1.82) is 0 Å². The average molecular weight is 434 g/mol. The molecule has 4 nitrogen and oxygen atoms in total. The molecule has 3 fully saturated rings. The highest BCUT2D eigenvalue weighted by Gasteiger charge is 2.49. The summed E-state index contributed by atoms with van der Waals surface area (Å²) in [5.74, 6) is 1.06. The Morgan fingerprint density at radius 2 is 1.50 bits per heavy atom. The van der Waals surface area contributed by atoms with E-state index in [1.807, 2.05) is 30.3 Å². The van der Waals surface area contributed by atoms with Gasteiger partial charge in [-0.1, -0.05) is 73.5 Å². The molecule has 170 valence electrons. The number of aliphatic hydroxyl groups is 1. The summed E-state index contributed by atoms with van der Waals surface area (Å²) in [6, 6.07) is 20.1. The molecule has 0 radical (unpaired) electrons. The maximum Gasteiger partial charge on any atom is 0.343 e. The number of likely N-dealkylation sites (tertiary alicyclic amines) is 1. The molecule has 3 unspecified atom stereocenters. The summed E-state index contributed by atoms with van der Waals surface area (Å²) in [6.45, 7) is 3.57. The number of rotatable bonds is 7. The van der Waals surface area contributed by atoms with Crippen LogP contribution in [0.5, 0.6) is 0 Å². The van der Waals surface area contributed by atoms with Crippen LogP contribution in [0, 0.1) is 23.7 Å². The molecule has 2 saturated carbocycles. The molecule has 1 saturated heterocycles. The van der Waals surface area contributed by atoms with Crippen LogP contribution in [-0.2, 0) is 21.7 Å². The zero-order valence-electron chi connectivity index (χ0n) is 18.9. The van der Waals surface area contributed by atoms with Crippen molar-refractivity contribution >= 4 is 5.97 Å². The first kappa shape index (κ1) is 21.7. The van der Waals surface area contributed by atoms with Crippen LogP contribution >= 0.6 is 0 Å². The Morgan fingerprint density at radius 1 is 0.906 bits per heavy atom. The van der Waals surface area contributed by atoms with Gasteiger partial charge in [0.2, 0.25) is 0 Å². The standard InChI is InChI=1S/C28H35NO3/c30-27(28(31,25-13-7-8-14-25)24-11-5-2-6-12-24)32-20-26-22-15-16-23(26)19-29(18-22)17-21-9-3-1-4-10-21/h1-6,9-12,22-23,25-26,31H,7-8,13-20H2. The zero-order chi connectivity index (χ0) is 22.0. The molecular weight excluding hydrogens is 398 g/mol. The maximum atomic E-state index is 13.4. The van der Waals surface area contributed by atoms with Crippen LogP contribution in [0.1, 0.15) is 49.7 Å². The first-order chi connectivity index (χ1) is 15.6. The van der Waals surface area contributed by atoms with E-state index < -0.39 is 11.6 Å².